The number of likely N-dealkylation sites (tertiary alicyclic amines) is 1. The minimum atomic E-state index is -1.00. The molecule has 0 N–H and O–H groups in total. The zero-order valence-electron chi connectivity index (χ0n) is 17.0. The maximum Gasteiger partial charge on any atom is 0.266 e. The summed E-state index contributed by atoms with van der Waals surface area (Å²) in [5.74, 6) is 2.15. The van der Waals surface area contributed by atoms with E-state index in [1.165, 1.54) is 0 Å². The van der Waals surface area contributed by atoms with Gasteiger partial charge in [-0.1, -0.05) is 28.9 Å². The highest BCUT2D eigenvalue weighted by atomic mass is 35.5. The molecule has 1 saturated heterocycles. The Hall–Kier alpha value is -3.06. The molecule has 0 spiro atoms. The molecule has 0 saturated carbocycles. The number of hydrogen-bond donors (Lipinski definition) is 0. The SMILES string of the molecule is COc1ccccc1-c1noc(C2CN(C(=O)C(C)(C)Oc3ccc(Cl)cc3)C2)n1. The van der Waals surface area contributed by atoms with Crippen molar-refractivity contribution in [2.24, 2.45) is 0 Å². The van der Waals surface area contributed by atoms with Crippen molar-refractivity contribution < 1.29 is 18.8 Å². The number of benzene rings is 2. The Balaban J connectivity index is 1.39. The van der Waals surface area contributed by atoms with E-state index in [9.17, 15) is 4.79 Å². The predicted octanol–water partition coefficient (Wildman–Crippen LogP) is 4.18. The van der Waals surface area contributed by atoms with Gasteiger partial charge in [-0.15, -0.1) is 0 Å². The van der Waals surface area contributed by atoms with Gasteiger partial charge >= 0.3 is 0 Å². The summed E-state index contributed by atoms with van der Waals surface area (Å²) in [5.41, 5.74) is -0.240. The maximum atomic E-state index is 12.9. The topological polar surface area (TPSA) is 77.7 Å². The number of aromatic nitrogens is 2. The molecule has 0 atom stereocenters. The smallest absolute Gasteiger partial charge is 0.266 e. The van der Waals surface area contributed by atoms with E-state index in [-0.39, 0.29) is 11.8 Å². The lowest BCUT2D eigenvalue weighted by Crippen LogP contribution is -2.57. The van der Waals surface area contributed by atoms with Crippen LogP contribution in [-0.2, 0) is 4.79 Å². The van der Waals surface area contributed by atoms with E-state index in [2.05, 4.69) is 10.1 Å². The van der Waals surface area contributed by atoms with E-state index in [0.717, 1.165) is 5.56 Å². The Morgan fingerprint density at radius 1 is 1.17 bits per heavy atom. The molecule has 4 rings (SSSR count). The number of halogens is 1. The number of nitrogens with zero attached hydrogens (tertiary/aromatic N) is 3. The summed E-state index contributed by atoms with van der Waals surface area (Å²) in [7, 11) is 1.60. The normalized spacial score (nSPS) is 14.3. The van der Waals surface area contributed by atoms with Gasteiger partial charge in [-0.05, 0) is 50.2 Å². The summed E-state index contributed by atoms with van der Waals surface area (Å²) in [5, 5.41) is 4.69. The van der Waals surface area contributed by atoms with Gasteiger partial charge < -0.3 is 18.9 Å². The third-order valence-electron chi connectivity index (χ3n) is 5.01. The van der Waals surface area contributed by atoms with E-state index in [4.69, 9.17) is 25.6 Å². The number of rotatable bonds is 6. The summed E-state index contributed by atoms with van der Waals surface area (Å²) < 4.78 is 16.7. The fraction of sp³-hybridized carbons (Fsp3) is 0.318. The van der Waals surface area contributed by atoms with Gasteiger partial charge in [0.2, 0.25) is 11.7 Å². The summed E-state index contributed by atoms with van der Waals surface area (Å²) >= 11 is 5.90. The summed E-state index contributed by atoms with van der Waals surface area (Å²) in [6.45, 7) is 4.51. The van der Waals surface area contributed by atoms with Crippen molar-refractivity contribution in [1.82, 2.24) is 15.0 Å². The highest BCUT2D eigenvalue weighted by Crippen LogP contribution is 2.33. The lowest BCUT2D eigenvalue weighted by Gasteiger charge is -2.41. The van der Waals surface area contributed by atoms with Gasteiger partial charge in [0.1, 0.15) is 11.5 Å². The number of methoxy groups -OCH3 is 1. The fourth-order valence-corrected chi connectivity index (χ4v) is 3.49. The number of carbonyl (C=O) groups excluding carboxylic acids is 1. The highest BCUT2D eigenvalue weighted by molar-refractivity contribution is 6.30. The summed E-state index contributed by atoms with van der Waals surface area (Å²) in [6, 6.07) is 14.4. The molecule has 0 unspecified atom stereocenters. The number of carbonyl (C=O) groups is 1. The van der Waals surface area contributed by atoms with Crippen molar-refractivity contribution in [1.29, 1.82) is 0 Å². The maximum absolute atomic E-state index is 12.9. The third kappa shape index (κ3) is 3.98. The molecule has 7 nitrogen and oxygen atoms in total. The zero-order valence-corrected chi connectivity index (χ0v) is 17.7. The van der Waals surface area contributed by atoms with E-state index < -0.39 is 5.60 Å². The minimum absolute atomic E-state index is 0.00348. The minimum Gasteiger partial charge on any atom is -0.496 e. The zero-order chi connectivity index (χ0) is 21.3. The Morgan fingerprint density at radius 2 is 1.87 bits per heavy atom. The van der Waals surface area contributed by atoms with Crippen LogP contribution in [0.25, 0.3) is 11.4 Å². The molecule has 1 aliphatic heterocycles. The molecule has 1 amide bonds. The molecule has 1 aliphatic rings. The van der Waals surface area contributed by atoms with Crippen LogP contribution in [0.3, 0.4) is 0 Å². The van der Waals surface area contributed by atoms with Gasteiger partial charge in [-0.25, -0.2) is 0 Å². The van der Waals surface area contributed by atoms with Crippen LogP contribution in [0.2, 0.25) is 5.02 Å². The molecule has 2 aromatic carbocycles. The summed E-state index contributed by atoms with van der Waals surface area (Å²) in [4.78, 5) is 19.1. The van der Waals surface area contributed by atoms with Crippen molar-refractivity contribution in [3.05, 3.63) is 59.4 Å². The Labute approximate surface area is 179 Å². The van der Waals surface area contributed by atoms with Gasteiger partial charge in [0, 0.05) is 18.1 Å². The molecule has 2 heterocycles. The molecule has 0 bridgehead atoms. The Morgan fingerprint density at radius 3 is 2.57 bits per heavy atom. The number of hydrogen-bond acceptors (Lipinski definition) is 6. The molecular formula is C22H22ClN3O4. The standard InChI is InChI=1S/C22H22ClN3O4/c1-22(2,29-16-10-8-15(23)9-11-16)21(27)26-12-14(13-26)20-24-19(25-30-20)17-6-4-5-7-18(17)28-3/h4-11,14H,12-13H2,1-3H3. The average molecular weight is 428 g/mol. The molecule has 0 radical (unpaired) electrons. The fourth-order valence-electron chi connectivity index (χ4n) is 3.36. The van der Waals surface area contributed by atoms with Crippen LogP contribution in [0.4, 0.5) is 0 Å². The molecule has 8 heteroatoms. The molecule has 1 fully saturated rings. The van der Waals surface area contributed by atoms with E-state index >= 15 is 0 Å². The summed E-state index contributed by atoms with van der Waals surface area (Å²) in [6.07, 6.45) is 0. The lowest BCUT2D eigenvalue weighted by molar-refractivity contribution is -0.150. The van der Waals surface area contributed by atoms with Crippen LogP contribution in [0.1, 0.15) is 25.7 Å². The highest BCUT2D eigenvalue weighted by Gasteiger charge is 2.42. The van der Waals surface area contributed by atoms with Crippen LogP contribution < -0.4 is 9.47 Å². The number of para-hydroxylation sites is 1. The van der Waals surface area contributed by atoms with Crippen LogP contribution in [0.15, 0.2) is 53.1 Å². The average Bonchev–Trinajstić information content (AvgIpc) is 3.18. The Kier molecular flexibility index (Phi) is 5.39. The van der Waals surface area contributed by atoms with Crippen molar-refractivity contribution >= 4 is 17.5 Å². The Bertz CT molecular complexity index is 1040. The van der Waals surface area contributed by atoms with Crippen LogP contribution in [0, 0.1) is 0 Å². The first-order chi connectivity index (χ1) is 14.4. The van der Waals surface area contributed by atoms with Gasteiger partial charge in [-0.2, -0.15) is 4.98 Å². The van der Waals surface area contributed by atoms with Gasteiger partial charge in [0.05, 0.1) is 18.6 Å². The van der Waals surface area contributed by atoms with Crippen LogP contribution in [0.5, 0.6) is 11.5 Å². The van der Waals surface area contributed by atoms with Crippen LogP contribution in [-0.4, -0.2) is 46.7 Å². The van der Waals surface area contributed by atoms with E-state index in [1.54, 1.807) is 50.1 Å². The van der Waals surface area contributed by atoms with Gasteiger partial charge in [0.15, 0.2) is 5.60 Å². The second-order valence-corrected chi connectivity index (χ2v) is 8.07. The molecule has 3 aromatic rings. The second-order valence-electron chi connectivity index (χ2n) is 7.63. The van der Waals surface area contributed by atoms with Gasteiger partial charge in [-0.3, -0.25) is 4.79 Å². The van der Waals surface area contributed by atoms with Gasteiger partial charge in [0.25, 0.3) is 5.91 Å². The van der Waals surface area contributed by atoms with E-state index in [0.29, 0.717) is 41.3 Å². The number of amides is 1. The number of ether oxygens (including phenoxy) is 2. The quantitative estimate of drug-likeness (QED) is 0.587. The van der Waals surface area contributed by atoms with Crippen molar-refractivity contribution in [2.45, 2.75) is 25.4 Å². The van der Waals surface area contributed by atoms with Crippen molar-refractivity contribution in [3.8, 4) is 22.9 Å². The largest absolute Gasteiger partial charge is 0.496 e. The predicted molar refractivity (Wildman–Crippen MR) is 112 cm³/mol. The second kappa shape index (κ2) is 7.99. The first-order valence-electron chi connectivity index (χ1n) is 9.58. The molecule has 0 aliphatic carbocycles. The van der Waals surface area contributed by atoms with E-state index in [1.807, 2.05) is 24.3 Å². The lowest BCUT2D eigenvalue weighted by atomic mass is 9.96. The van der Waals surface area contributed by atoms with Crippen molar-refractivity contribution in [2.75, 3.05) is 20.2 Å². The molecular weight excluding hydrogens is 406 g/mol. The molecule has 156 valence electrons. The molecule has 30 heavy (non-hydrogen) atoms. The first-order valence-corrected chi connectivity index (χ1v) is 9.96. The molecule has 1 aromatic heterocycles. The van der Waals surface area contributed by atoms with Crippen LogP contribution >= 0.6 is 11.6 Å². The third-order valence-corrected chi connectivity index (χ3v) is 5.26. The first kappa shape index (κ1) is 20.2. The van der Waals surface area contributed by atoms with Crippen molar-refractivity contribution in [3.63, 3.8) is 0 Å². The monoisotopic (exact) mass is 427 g/mol.